The van der Waals surface area contributed by atoms with Crippen molar-refractivity contribution in [1.82, 2.24) is 5.32 Å². The maximum Gasteiger partial charge on any atom is 0.416 e. The maximum absolute atomic E-state index is 12.4. The number of halogens is 3. The highest BCUT2D eigenvalue weighted by Crippen LogP contribution is 2.32. The summed E-state index contributed by atoms with van der Waals surface area (Å²) in [5.41, 5.74) is -0.760. The molecule has 0 aliphatic heterocycles. The number of rotatable bonds is 1. The highest BCUT2D eigenvalue weighted by Gasteiger charge is 2.31. The van der Waals surface area contributed by atoms with E-state index >= 15 is 0 Å². The lowest BCUT2D eigenvalue weighted by molar-refractivity contribution is -0.137. The number of hydrogen-bond donors (Lipinski definition) is 2. The van der Waals surface area contributed by atoms with Crippen LogP contribution in [0.2, 0.25) is 0 Å². The fourth-order valence-corrected chi connectivity index (χ4v) is 1.08. The number of aromatic hydroxyl groups is 1. The van der Waals surface area contributed by atoms with E-state index in [1.54, 1.807) is 7.05 Å². The Morgan fingerprint density at radius 1 is 1.31 bits per heavy atom. The van der Waals surface area contributed by atoms with E-state index in [0.29, 0.717) is 12.6 Å². The highest BCUT2D eigenvalue weighted by atomic mass is 19.4. The predicted molar refractivity (Wildman–Crippen MR) is 53.9 cm³/mol. The van der Waals surface area contributed by atoms with Gasteiger partial charge < -0.3 is 10.4 Å². The Bertz CT molecular complexity index is 429. The van der Waals surface area contributed by atoms with Crippen LogP contribution >= 0.6 is 0 Å². The van der Waals surface area contributed by atoms with Crippen LogP contribution in [-0.4, -0.2) is 18.7 Å². The maximum atomic E-state index is 12.4. The zero-order valence-corrected chi connectivity index (χ0v) is 8.52. The Morgan fingerprint density at radius 3 is 2.56 bits per heavy atom. The van der Waals surface area contributed by atoms with Crippen LogP contribution in [0, 0.1) is 11.8 Å². The Labute approximate surface area is 91.1 Å². The summed E-state index contributed by atoms with van der Waals surface area (Å²) in [6, 6.07) is 2.77. The molecule has 0 fully saturated rings. The number of nitrogens with one attached hydrogen (secondary N) is 1. The van der Waals surface area contributed by atoms with Crippen LogP contribution < -0.4 is 5.32 Å². The first-order valence-corrected chi connectivity index (χ1v) is 4.48. The second-order valence-corrected chi connectivity index (χ2v) is 3.10. The van der Waals surface area contributed by atoms with Crippen LogP contribution in [0.25, 0.3) is 0 Å². The predicted octanol–water partition coefficient (Wildman–Crippen LogP) is 1.98. The lowest BCUT2D eigenvalue weighted by Gasteiger charge is -2.07. The van der Waals surface area contributed by atoms with E-state index in [1.807, 2.05) is 0 Å². The molecule has 0 saturated heterocycles. The van der Waals surface area contributed by atoms with Gasteiger partial charge in [0.25, 0.3) is 0 Å². The van der Waals surface area contributed by atoms with Gasteiger partial charge in [-0.05, 0) is 25.2 Å². The second-order valence-electron chi connectivity index (χ2n) is 3.10. The van der Waals surface area contributed by atoms with E-state index in [2.05, 4.69) is 17.2 Å². The third-order valence-electron chi connectivity index (χ3n) is 1.74. The van der Waals surface area contributed by atoms with Crippen molar-refractivity contribution in [2.75, 3.05) is 13.6 Å². The van der Waals surface area contributed by atoms with Gasteiger partial charge in [-0.1, -0.05) is 11.8 Å². The molecular formula is C11H10F3NO. The molecule has 0 amide bonds. The molecule has 2 nitrogen and oxygen atoms in total. The number of benzene rings is 1. The van der Waals surface area contributed by atoms with Gasteiger partial charge in [0.1, 0.15) is 5.75 Å². The van der Waals surface area contributed by atoms with E-state index in [-0.39, 0.29) is 5.56 Å². The van der Waals surface area contributed by atoms with Gasteiger partial charge in [0.15, 0.2) is 0 Å². The minimum Gasteiger partial charge on any atom is -0.508 e. The van der Waals surface area contributed by atoms with Crippen molar-refractivity contribution in [2.24, 2.45) is 0 Å². The van der Waals surface area contributed by atoms with Gasteiger partial charge in [-0.25, -0.2) is 0 Å². The van der Waals surface area contributed by atoms with Crippen LogP contribution in [-0.2, 0) is 6.18 Å². The summed E-state index contributed by atoms with van der Waals surface area (Å²) in [5.74, 6) is 4.70. The van der Waals surface area contributed by atoms with Crippen LogP contribution in [0.1, 0.15) is 11.1 Å². The van der Waals surface area contributed by atoms with Crippen molar-refractivity contribution in [3.8, 4) is 17.6 Å². The van der Waals surface area contributed by atoms with Crippen molar-refractivity contribution >= 4 is 0 Å². The largest absolute Gasteiger partial charge is 0.508 e. The molecule has 2 N–H and O–H groups in total. The van der Waals surface area contributed by atoms with Crippen molar-refractivity contribution in [3.63, 3.8) is 0 Å². The summed E-state index contributed by atoms with van der Waals surface area (Å²) in [4.78, 5) is 0. The molecule has 5 heteroatoms. The van der Waals surface area contributed by atoms with Crippen LogP contribution in [0.5, 0.6) is 5.75 Å². The van der Waals surface area contributed by atoms with Gasteiger partial charge in [-0.2, -0.15) is 13.2 Å². The van der Waals surface area contributed by atoms with E-state index in [1.165, 1.54) is 6.07 Å². The van der Waals surface area contributed by atoms with Crippen molar-refractivity contribution in [1.29, 1.82) is 0 Å². The minimum absolute atomic E-state index is 0.141. The second kappa shape index (κ2) is 4.90. The highest BCUT2D eigenvalue weighted by molar-refractivity contribution is 5.43. The van der Waals surface area contributed by atoms with Gasteiger partial charge in [0.2, 0.25) is 0 Å². The Kier molecular flexibility index (Phi) is 3.80. The van der Waals surface area contributed by atoms with Gasteiger partial charge in [-0.15, -0.1) is 0 Å². The van der Waals surface area contributed by atoms with Gasteiger partial charge in [0.05, 0.1) is 12.1 Å². The molecule has 0 aromatic heterocycles. The molecule has 0 spiro atoms. The molecule has 16 heavy (non-hydrogen) atoms. The quantitative estimate of drug-likeness (QED) is 0.722. The first-order chi connectivity index (χ1) is 7.43. The Morgan fingerprint density at radius 2 is 2.00 bits per heavy atom. The molecule has 0 bridgehead atoms. The van der Waals surface area contributed by atoms with E-state index < -0.39 is 17.5 Å². The summed E-state index contributed by atoms with van der Waals surface area (Å²) in [7, 11) is 1.68. The van der Waals surface area contributed by atoms with Crippen LogP contribution in [0.3, 0.4) is 0 Å². The topological polar surface area (TPSA) is 32.3 Å². The summed E-state index contributed by atoms with van der Waals surface area (Å²) in [5, 5.41) is 11.9. The number of hydrogen-bond acceptors (Lipinski definition) is 2. The third-order valence-corrected chi connectivity index (χ3v) is 1.74. The average molecular weight is 229 g/mol. The monoisotopic (exact) mass is 229 g/mol. The Balaban J connectivity index is 3.05. The normalized spacial score (nSPS) is 10.8. The molecule has 1 aromatic rings. The van der Waals surface area contributed by atoms with Crippen LogP contribution in [0.4, 0.5) is 13.2 Å². The molecule has 86 valence electrons. The third kappa shape index (κ3) is 3.48. The molecule has 0 unspecified atom stereocenters. The van der Waals surface area contributed by atoms with Gasteiger partial charge >= 0.3 is 6.18 Å². The van der Waals surface area contributed by atoms with Crippen molar-refractivity contribution in [3.05, 3.63) is 29.3 Å². The van der Waals surface area contributed by atoms with E-state index in [0.717, 1.165) is 6.07 Å². The fourth-order valence-electron chi connectivity index (χ4n) is 1.08. The smallest absolute Gasteiger partial charge is 0.416 e. The molecule has 0 aliphatic carbocycles. The van der Waals surface area contributed by atoms with Gasteiger partial charge in [-0.3, -0.25) is 0 Å². The average Bonchev–Trinajstić information content (AvgIpc) is 2.16. The van der Waals surface area contributed by atoms with E-state index in [9.17, 15) is 13.2 Å². The van der Waals surface area contributed by atoms with Crippen molar-refractivity contribution < 1.29 is 18.3 Å². The van der Waals surface area contributed by atoms with Crippen molar-refractivity contribution in [2.45, 2.75) is 6.18 Å². The van der Waals surface area contributed by atoms with Gasteiger partial charge in [0, 0.05) is 5.56 Å². The summed E-state index contributed by atoms with van der Waals surface area (Å²) in [6.45, 7) is 0.372. The molecule has 0 radical (unpaired) electrons. The molecule has 0 saturated carbocycles. The number of phenols is 1. The number of alkyl halides is 3. The fraction of sp³-hybridized carbons (Fsp3) is 0.273. The molecule has 0 heterocycles. The van der Waals surface area contributed by atoms with Crippen LogP contribution in [0.15, 0.2) is 18.2 Å². The summed E-state index contributed by atoms with van der Waals surface area (Å²) < 4.78 is 37.1. The minimum atomic E-state index is -4.47. The summed E-state index contributed by atoms with van der Waals surface area (Å²) >= 11 is 0. The standard InChI is InChI=1S/C11H10F3NO/c1-15-4-2-3-8-5-9(11(12,13)14)7-10(16)6-8/h5-7,15-16H,4H2,1H3. The SMILES string of the molecule is CNCC#Cc1cc(O)cc(C(F)(F)F)c1. The Hall–Kier alpha value is -1.67. The molecule has 1 aromatic carbocycles. The zero-order chi connectivity index (χ0) is 12.2. The number of phenolic OH excluding ortho intramolecular Hbond substituents is 1. The first-order valence-electron chi connectivity index (χ1n) is 4.48. The molecule has 0 aliphatic rings. The molecule has 0 atom stereocenters. The molecular weight excluding hydrogens is 219 g/mol. The lowest BCUT2D eigenvalue weighted by atomic mass is 10.1. The van der Waals surface area contributed by atoms with E-state index in [4.69, 9.17) is 5.11 Å². The zero-order valence-electron chi connectivity index (χ0n) is 8.52. The first kappa shape index (κ1) is 12.4. The summed E-state index contributed by atoms with van der Waals surface area (Å²) in [6.07, 6.45) is -4.47. The lowest BCUT2D eigenvalue weighted by Crippen LogP contribution is -2.05. The molecule has 1 rings (SSSR count).